The molecule has 0 radical (unpaired) electrons. The standard InChI is InChI=1S/C28H32ClN3O4S/c1-4-21(2)30-28(34)22(3)31(19-23-12-7-5-8-13-23)27(33)20-32(25-15-11-14-24(29)18-25)37(35,36)26-16-9-6-10-17-26/h5-18,21-22H,4,19-20H2,1-3H3,(H,30,34)/t21-,22-/m0/s1. The molecule has 196 valence electrons. The van der Waals surface area contributed by atoms with Crippen molar-refractivity contribution in [1.29, 1.82) is 0 Å². The van der Waals surface area contributed by atoms with Crippen LogP contribution in [-0.4, -0.2) is 43.8 Å². The van der Waals surface area contributed by atoms with Crippen molar-refractivity contribution in [2.24, 2.45) is 0 Å². The number of carbonyl (C=O) groups excluding carboxylic acids is 2. The molecule has 3 aromatic rings. The molecular formula is C28H32ClN3O4S. The number of hydrogen-bond acceptors (Lipinski definition) is 4. The van der Waals surface area contributed by atoms with Gasteiger partial charge in [0.2, 0.25) is 11.8 Å². The molecule has 0 saturated carbocycles. The molecule has 0 aromatic heterocycles. The summed E-state index contributed by atoms with van der Waals surface area (Å²) in [6.07, 6.45) is 0.739. The van der Waals surface area contributed by atoms with Crippen LogP contribution in [0.5, 0.6) is 0 Å². The third-order valence-electron chi connectivity index (χ3n) is 6.07. The van der Waals surface area contributed by atoms with Gasteiger partial charge >= 0.3 is 0 Å². The van der Waals surface area contributed by atoms with E-state index in [0.717, 1.165) is 16.3 Å². The Morgan fingerprint density at radius 1 is 0.919 bits per heavy atom. The van der Waals surface area contributed by atoms with E-state index in [2.05, 4.69) is 5.32 Å². The normalized spacial score (nSPS) is 12.9. The number of halogens is 1. The van der Waals surface area contributed by atoms with Gasteiger partial charge in [-0.1, -0.05) is 73.1 Å². The van der Waals surface area contributed by atoms with Crippen LogP contribution in [0.3, 0.4) is 0 Å². The summed E-state index contributed by atoms with van der Waals surface area (Å²) in [5, 5.41) is 3.25. The van der Waals surface area contributed by atoms with Crippen LogP contribution in [0.15, 0.2) is 89.8 Å². The predicted octanol–water partition coefficient (Wildman–Crippen LogP) is 4.87. The second-order valence-corrected chi connectivity index (χ2v) is 11.1. The van der Waals surface area contributed by atoms with Crippen molar-refractivity contribution in [3.05, 3.63) is 95.5 Å². The van der Waals surface area contributed by atoms with Crippen molar-refractivity contribution in [3.8, 4) is 0 Å². The molecule has 0 aliphatic carbocycles. The fraction of sp³-hybridized carbons (Fsp3) is 0.286. The number of carbonyl (C=O) groups is 2. The van der Waals surface area contributed by atoms with E-state index in [1.807, 2.05) is 44.2 Å². The monoisotopic (exact) mass is 541 g/mol. The minimum Gasteiger partial charge on any atom is -0.352 e. The smallest absolute Gasteiger partial charge is 0.264 e. The maximum absolute atomic E-state index is 13.8. The van der Waals surface area contributed by atoms with Crippen LogP contribution in [0.25, 0.3) is 0 Å². The van der Waals surface area contributed by atoms with E-state index in [9.17, 15) is 18.0 Å². The van der Waals surface area contributed by atoms with Crippen molar-refractivity contribution in [2.45, 2.75) is 50.7 Å². The SMILES string of the molecule is CC[C@H](C)NC(=O)[C@H](C)N(Cc1ccccc1)C(=O)CN(c1cccc(Cl)c1)S(=O)(=O)c1ccccc1. The van der Waals surface area contributed by atoms with Gasteiger partial charge in [0.15, 0.2) is 0 Å². The number of rotatable bonds is 11. The van der Waals surface area contributed by atoms with Crippen LogP contribution in [-0.2, 0) is 26.2 Å². The van der Waals surface area contributed by atoms with E-state index in [1.54, 1.807) is 43.3 Å². The molecular weight excluding hydrogens is 510 g/mol. The first-order chi connectivity index (χ1) is 17.6. The van der Waals surface area contributed by atoms with E-state index in [0.29, 0.717) is 5.02 Å². The summed E-state index contributed by atoms with van der Waals surface area (Å²) in [5.41, 5.74) is 1.07. The summed E-state index contributed by atoms with van der Waals surface area (Å²) >= 11 is 6.18. The zero-order valence-corrected chi connectivity index (χ0v) is 22.7. The molecule has 3 aromatic carbocycles. The molecule has 0 fully saturated rings. The molecule has 9 heteroatoms. The van der Waals surface area contributed by atoms with Crippen LogP contribution >= 0.6 is 11.6 Å². The second-order valence-electron chi connectivity index (χ2n) is 8.81. The highest BCUT2D eigenvalue weighted by Crippen LogP contribution is 2.26. The van der Waals surface area contributed by atoms with E-state index >= 15 is 0 Å². The second kappa shape index (κ2) is 12.7. The number of benzene rings is 3. The Bertz CT molecular complexity index is 1300. The van der Waals surface area contributed by atoms with Gasteiger partial charge in [-0.15, -0.1) is 0 Å². The van der Waals surface area contributed by atoms with Crippen LogP contribution < -0.4 is 9.62 Å². The van der Waals surface area contributed by atoms with Crippen LogP contribution in [0.1, 0.15) is 32.8 Å². The summed E-state index contributed by atoms with van der Waals surface area (Å²) in [5.74, 6) is -0.825. The van der Waals surface area contributed by atoms with E-state index in [4.69, 9.17) is 11.6 Å². The molecule has 0 aliphatic rings. The quantitative estimate of drug-likeness (QED) is 0.375. The fourth-order valence-corrected chi connectivity index (χ4v) is 5.32. The Morgan fingerprint density at radius 2 is 1.54 bits per heavy atom. The lowest BCUT2D eigenvalue weighted by molar-refractivity contribution is -0.139. The lowest BCUT2D eigenvalue weighted by Crippen LogP contribution is -2.52. The van der Waals surface area contributed by atoms with E-state index in [1.165, 1.54) is 23.1 Å². The Morgan fingerprint density at radius 3 is 2.14 bits per heavy atom. The highest BCUT2D eigenvalue weighted by molar-refractivity contribution is 7.92. The Balaban J connectivity index is 2.00. The first kappa shape index (κ1) is 28.2. The highest BCUT2D eigenvalue weighted by atomic mass is 35.5. The summed E-state index contributed by atoms with van der Waals surface area (Å²) in [6, 6.07) is 22.6. The maximum atomic E-state index is 13.8. The lowest BCUT2D eigenvalue weighted by Gasteiger charge is -2.32. The largest absolute Gasteiger partial charge is 0.352 e. The third-order valence-corrected chi connectivity index (χ3v) is 8.09. The van der Waals surface area contributed by atoms with Gasteiger partial charge in [-0.2, -0.15) is 0 Å². The topological polar surface area (TPSA) is 86.8 Å². The molecule has 3 rings (SSSR count). The zero-order valence-electron chi connectivity index (χ0n) is 21.2. The molecule has 7 nitrogen and oxygen atoms in total. The fourth-order valence-electron chi connectivity index (χ4n) is 3.71. The first-order valence-corrected chi connectivity index (χ1v) is 13.9. The Labute approximate surface area is 224 Å². The van der Waals surface area contributed by atoms with E-state index < -0.39 is 28.5 Å². The zero-order chi connectivity index (χ0) is 27.0. The first-order valence-electron chi connectivity index (χ1n) is 12.1. The summed E-state index contributed by atoms with van der Waals surface area (Å²) < 4.78 is 28.4. The predicted molar refractivity (Wildman–Crippen MR) is 147 cm³/mol. The molecule has 37 heavy (non-hydrogen) atoms. The Kier molecular flexibility index (Phi) is 9.72. The van der Waals surface area contributed by atoms with Crippen LogP contribution in [0.2, 0.25) is 5.02 Å². The van der Waals surface area contributed by atoms with Crippen LogP contribution in [0, 0.1) is 0 Å². The number of nitrogens with one attached hydrogen (secondary N) is 1. The molecule has 1 N–H and O–H groups in total. The van der Waals surface area contributed by atoms with Crippen molar-refractivity contribution in [3.63, 3.8) is 0 Å². The molecule has 2 atom stereocenters. The van der Waals surface area contributed by atoms with Crippen molar-refractivity contribution < 1.29 is 18.0 Å². The van der Waals surface area contributed by atoms with Gasteiger partial charge in [-0.25, -0.2) is 8.42 Å². The molecule has 0 spiro atoms. The molecule has 2 amide bonds. The lowest BCUT2D eigenvalue weighted by atomic mass is 10.1. The van der Waals surface area contributed by atoms with Crippen molar-refractivity contribution in [1.82, 2.24) is 10.2 Å². The minimum atomic E-state index is -4.11. The van der Waals surface area contributed by atoms with Crippen LogP contribution in [0.4, 0.5) is 5.69 Å². The maximum Gasteiger partial charge on any atom is 0.264 e. The summed E-state index contributed by atoms with van der Waals surface area (Å²) in [4.78, 5) is 28.3. The number of amides is 2. The van der Waals surface area contributed by atoms with Gasteiger partial charge < -0.3 is 10.2 Å². The number of nitrogens with zero attached hydrogens (tertiary/aromatic N) is 2. The van der Waals surface area contributed by atoms with Gasteiger partial charge in [0.1, 0.15) is 12.6 Å². The average Bonchev–Trinajstić information content (AvgIpc) is 2.90. The molecule has 0 saturated heterocycles. The van der Waals surface area contributed by atoms with Gasteiger partial charge in [0, 0.05) is 17.6 Å². The average molecular weight is 542 g/mol. The van der Waals surface area contributed by atoms with E-state index in [-0.39, 0.29) is 29.1 Å². The summed E-state index contributed by atoms with van der Waals surface area (Å²) in [7, 11) is -4.11. The third kappa shape index (κ3) is 7.33. The minimum absolute atomic E-state index is 0.0416. The molecule has 0 heterocycles. The van der Waals surface area contributed by atoms with Gasteiger partial charge in [-0.3, -0.25) is 13.9 Å². The summed E-state index contributed by atoms with van der Waals surface area (Å²) in [6.45, 7) is 5.13. The number of sulfonamides is 1. The molecule has 0 unspecified atom stereocenters. The van der Waals surface area contributed by atoms with Crippen molar-refractivity contribution >= 4 is 39.1 Å². The van der Waals surface area contributed by atoms with Gasteiger partial charge in [-0.05, 0) is 56.2 Å². The molecule has 0 aliphatic heterocycles. The Hall–Kier alpha value is -3.36. The molecule has 0 bridgehead atoms. The highest BCUT2D eigenvalue weighted by Gasteiger charge is 2.32. The van der Waals surface area contributed by atoms with Gasteiger partial charge in [0.05, 0.1) is 10.6 Å². The number of hydrogen-bond donors (Lipinski definition) is 1. The van der Waals surface area contributed by atoms with Gasteiger partial charge in [0.25, 0.3) is 10.0 Å². The van der Waals surface area contributed by atoms with Crippen molar-refractivity contribution in [2.75, 3.05) is 10.8 Å². The number of anilines is 1.